The van der Waals surface area contributed by atoms with Crippen LogP contribution in [0.4, 0.5) is 11.4 Å². The molecular weight excluding hydrogens is 371 g/mol. The molecule has 2 aromatic carbocycles. The predicted octanol–water partition coefficient (Wildman–Crippen LogP) is 3.95. The van der Waals surface area contributed by atoms with E-state index in [2.05, 4.69) is 5.32 Å². The van der Waals surface area contributed by atoms with Gasteiger partial charge in [-0.25, -0.2) is 8.42 Å². The number of rotatable bonds is 4. The molecule has 0 bridgehead atoms. The topological polar surface area (TPSA) is 66.5 Å². The summed E-state index contributed by atoms with van der Waals surface area (Å²) in [5.41, 5.74) is 1.81. The molecule has 0 heterocycles. The van der Waals surface area contributed by atoms with Crippen LogP contribution in [0.25, 0.3) is 0 Å². The average molecular weight is 387 g/mol. The van der Waals surface area contributed by atoms with Crippen LogP contribution in [0, 0.1) is 6.92 Å². The summed E-state index contributed by atoms with van der Waals surface area (Å²) in [6.45, 7) is 1.69. The molecule has 0 spiro atoms. The van der Waals surface area contributed by atoms with Crippen molar-refractivity contribution in [3.05, 3.63) is 57.6 Å². The van der Waals surface area contributed by atoms with Crippen LogP contribution in [-0.2, 0) is 10.0 Å². The fourth-order valence-electron chi connectivity index (χ4n) is 2.21. The summed E-state index contributed by atoms with van der Waals surface area (Å²) in [5, 5.41) is 3.52. The molecule has 2 rings (SSSR count). The largest absolute Gasteiger partial charge is 0.322 e. The van der Waals surface area contributed by atoms with Crippen LogP contribution in [0.5, 0.6) is 0 Å². The molecule has 0 aromatic heterocycles. The van der Waals surface area contributed by atoms with E-state index in [1.54, 1.807) is 43.3 Å². The van der Waals surface area contributed by atoms with E-state index < -0.39 is 10.0 Å². The van der Waals surface area contributed by atoms with Crippen molar-refractivity contribution < 1.29 is 13.2 Å². The lowest BCUT2D eigenvalue weighted by Gasteiger charge is -2.20. The second kappa shape index (κ2) is 7.01. The molecule has 0 fully saturated rings. The van der Waals surface area contributed by atoms with E-state index in [-0.39, 0.29) is 5.91 Å². The van der Waals surface area contributed by atoms with Crippen molar-refractivity contribution in [1.82, 2.24) is 0 Å². The Morgan fingerprint density at radius 2 is 1.71 bits per heavy atom. The summed E-state index contributed by atoms with van der Waals surface area (Å²) >= 11 is 11.8. The molecule has 2 aromatic rings. The highest BCUT2D eigenvalue weighted by Gasteiger charge is 2.18. The number of carbonyl (C=O) groups is 1. The molecule has 5 nitrogen and oxygen atoms in total. The second-order valence-electron chi connectivity index (χ2n) is 5.29. The summed E-state index contributed by atoms with van der Waals surface area (Å²) < 4.78 is 24.6. The minimum absolute atomic E-state index is 0.360. The maximum absolute atomic E-state index is 12.5. The van der Waals surface area contributed by atoms with Crippen molar-refractivity contribution in [2.75, 3.05) is 22.9 Å². The van der Waals surface area contributed by atoms with Gasteiger partial charge < -0.3 is 5.32 Å². The number of anilines is 2. The molecule has 1 N–H and O–H groups in total. The average Bonchev–Trinajstić information content (AvgIpc) is 2.44. The van der Waals surface area contributed by atoms with Crippen molar-refractivity contribution in [3.8, 4) is 0 Å². The lowest BCUT2D eigenvalue weighted by Crippen LogP contribution is -2.26. The Bertz CT molecular complexity index is 878. The first-order chi connectivity index (χ1) is 11.1. The second-order valence-corrected chi connectivity index (χ2v) is 8.18. The van der Waals surface area contributed by atoms with Crippen molar-refractivity contribution >= 4 is 50.5 Å². The highest BCUT2D eigenvalue weighted by Crippen LogP contribution is 2.26. The van der Waals surface area contributed by atoms with Gasteiger partial charge in [0, 0.05) is 28.3 Å². The van der Waals surface area contributed by atoms with Gasteiger partial charge >= 0.3 is 0 Å². The molecule has 0 aliphatic carbocycles. The number of halogens is 2. The monoisotopic (exact) mass is 386 g/mol. The number of benzene rings is 2. The molecule has 0 aliphatic heterocycles. The summed E-state index contributed by atoms with van der Waals surface area (Å²) in [6, 6.07) is 9.61. The molecule has 0 aliphatic rings. The molecule has 1 amide bonds. The van der Waals surface area contributed by atoms with E-state index >= 15 is 0 Å². The quantitative estimate of drug-likeness (QED) is 0.864. The van der Waals surface area contributed by atoms with Crippen LogP contribution >= 0.6 is 23.2 Å². The Morgan fingerprint density at radius 3 is 2.25 bits per heavy atom. The van der Waals surface area contributed by atoms with Gasteiger partial charge in [-0.15, -0.1) is 0 Å². The zero-order valence-electron chi connectivity index (χ0n) is 13.3. The van der Waals surface area contributed by atoms with Crippen molar-refractivity contribution in [3.63, 3.8) is 0 Å². The molecule has 8 heteroatoms. The smallest absolute Gasteiger partial charge is 0.256 e. The number of nitrogens with one attached hydrogen (secondary N) is 1. The standard InChI is InChI=1S/C16H16Cl2N2O3S/c1-10-14(5-4-6-15(10)20(2)24(3,22)23)16(21)19-13-8-11(17)7-12(18)9-13/h4-9H,1-3H3,(H,19,21). The molecule has 0 saturated carbocycles. The first kappa shape index (κ1) is 18.6. The maximum Gasteiger partial charge on any atom is 0.256 e. The van der Waals surface area contributed by atoms with Crippen LogP contribution < -0.4 is 9.62 Å². The van der Waals surface area contributed by atoms with Gasteiger partial charge in [0.15, 0.2) is 0 Å². The zero-order chi connectivity index (χ0) is 18.1. The predicted molar refractivity (Wildman–Crippen MR) is 98.8 cm³/mol. The summed E-state index contributed by atoms with van der Waals surface area (Å²) in [5.74, 6) is -0.380. The SMILES string of the molecule is Cc1c(C(=O)Nc2cc(Cl)cc(Cl)c2)cccc1N(C)S(C)(=O)=O. The minimum Gasteiger partial charge on any atom is -0.322 e. The van der Waals surface area contributed by atoms with Crippen LogP contribution in [0.2, 0.25) is 10.0 Å². The number of nitrogens with zero attached hydrogens (tertiary/aromatic N) is 1. The zero-order valence-corrected chi connectivity index (χ0v) is 15.6. The first-order valence-corrected chi connectivity index (χ1v) is 9.51. The number of hydrogen-bond donors (Lipinski definition) is 1. The number of sulfonamides is 1. The third-order valence-electron chi connectivity index (χ3n) is 3.51. The van der Waals surface area contributed by atoms with Gasteiger partial charge in [-0.1, -0.05) is 29.3 Å². The van der Waals surface area contributed by atoms with E-state index in [4.69, 9.17) is 23.2 Å². The Balaban J connectivity index is 2.37. The highest BCUT2D eigenvalue weighted by molar-refractivity contribution is 7.92. The van der Waals surface area contributed by atoms with E-state index in [0.717, 1.165) is 10.6 Å². The number of hydrogen-bond acceptors (Lipinski definition) is 3. The highest BCUT2D eigenvalue weighted by atomic mass is 35.5. The fraction of sp³-hybridized carbons (Fsp3) is 0.188. The van der Waals surface area contributed by atoms with Crippen LogP contribution in [-0.4, -0.2) is 27.6 Å². The van der Waals surface area contributed by atoms with E-state index in [0.29, 0.717) is 32.5 Å². The van der Waals surface area contributed by atoms with Gasteiger partial charge in [-0.2, -0.15) is 0 Å². The molecular formula is C16H16Cl2N2O3S. The third kappa shape index (κ3) is 4.20. The van der Waals surface area contributed by atoms with Gasteiger partial charge in [-0.05, 0) is 42.8 Å². The molecule has 24 heavy (non-hydrogen) atoms. The summed E-state index contributed by atoms with van der Waals surface area (Å²) in [6.07, 6.45) is 1.10. The van der Waals surface area contributed by atoms with Crippen molar-refractivity contribution in [1.29, 1.82) is 0 Å². The van der Waals surface area contributed by atoms with E-state index in [1.165, 1.54) is 7.05 Å². The van der Waals surface area contributed by atoms with Crippen molar-refractivity contribution in [2.45, 2.75) is 6.92 Å². The van der Waals surface area contributed by atoms with Gasteiger partial charge in [0.25, 0.3) is 5.91 Å². The summed E-state index contributed by atoms with van der Waals surface area (Å²) in [7, 11) is -1.98. The number of amides is 1. The normalized spacial score (nSPS) is 11.2. The van der Waals surface area contributed by atoms with Gasteiger partial charge in [0.05, 0.1) is 11.9 Å². The van der Waals surface area contributed by atoms with E-state index in [9.17, 15) is 13.2 Å². The third-order valence-corrected chi connectivity index (χ3v) is 5.14. The van der Waals surface area contributed by atoms with E-state index in [1.807, 2.05) is 0 Å². The molecule has 0 radical (unpaired) electrons. The Kier molecular flexibility index (Phi) is 5.42. The Morgan fingerprint density at radius 1 is 1.12 bits per heavy atom. The Hall–Kier alpha value is -1.76. The molecule has 0 atom stereocenters. The lowest BCUT2D eigenvalue weighted by molar-refractivity contribution is 0.102. The van der Waals surface area contributed by atoms with Gasteiger partial charge in [-0.3, -0.25) is 9.10 Å². The number of carbonyl (C=O) groups excluding carboxylic acids is 1. The molecule has 128 valence electrons. The molecule has 0 unspecified atom stereocenters. The van der Waals surface area contributed by atoms with Crippen LogP contribution in [0.3, 0.4) is 0 Å². The van der Waals surface area contributed by atoms with Gasteiger partial charge in [0.1, 0.15) is 0 Å². The van der Waals surface area contributed by atoms with Gasteiger partial charge in [0.2, 0.25) is 10.0 Å². The fourth-order valence-corrected chi connectivity index (χ4v) is 3.29. The lowest BCUT2D eigenvalue weighted by atomic mass is 10.1. The van der Waals surface area contributed by atoms with Crippen LogP contribution in [0.15, 0.2) is 36.4 Å². The first-order valence-electron chi connectivity index (χ1n) is 6.90. The van der Waals surface area contributed by atoms with Crippen LogP contribution in [0.1, 0.15) is 15.9 Å². The van der Waals surface area contributed by atoms with Crippen molar-refractivity contribution in [2.24, 2.45) is 0 Å². The Labute approximate surface area is 151 Å². The summed E-state index contributed by atoms with van der Waals surface area (Å²) in [4.78, 5) is 12.5. The molecule has 0 saturated heterocycles. The minimum atomic E-state index is -3.42. The maximum atomic E-state index is 12.5.